The number of fused-ring (bicyclic) bond motifs is 1. The lowest BCUT2D eigenvalue weighted by Crippen LogP contribution is -2.03. The van der Waals surface area contributed by atoms with E-state index < -0.39 is 22.7 Å². The van der Waals surface area contributed by atoms with Crippen LogP contribution in [0.1, 0.15) is 0 Å². The van der Waals surface area contributed by atoms with Crippen LogP contribution in [0.2, 0.25) is 0 Å². The molecule has 23 heavy (non-hydrogen) atoms. The maximum atomic E-state index is 12.3. The lowest BCUT2D eigenvalue weighted by molar-refractivity contribution is 0.400. The molecule has 3 rings (SSSR count). The molecule has 0 aliphatic heterocycles. The Balaban J connectivity index is 2.34. The molecule has 0 bridgehead atoms. The first-order chi connectivity index (χ1) is 10.9. The molecule has 1 heterocycles. The van der Waals surface area contributed by atoms with Gasteiger partial charge in [-0.1, -0.05) is 0 Å². The van der Waals surface area contributed by atoms with E-state index in [1.807, 2.05) is 0 Å². The number of ether oxygens (including phenoxy) is 1. The molecule has 0 aliphatic rings. The molecule has 1 aromatic heterocycles. The molecular formula is C16H11BrO6. The van der Waals surface area contributed by atoms with E-state index in [9.17, 15) is 20.1 Å². The van der Waals surface area contributed by atoms with E-state index in [1.165, 1.54) is 7.11 Å². The predicted octanol–water partition coefficient (Wildman–Crippen LogP) is 3.35. The third kappa shape index (κ3) is 2.39. The largest absolute Gasteiger partial charge is 0.504 e. The van der Waals surface area contributed by atoms with E-state index in [2.05, 4.69) is 15.9 Å². The fourth-order valence-corrected chi connectivity index (χ4v) is 2.69. The van der Waals surface area contributed by atoms with Crippen molar-refractivity contribution < 1.29 is 24.5 Å². The second-order valence-electron chi connectivity index (χ2n) is 4.77. The first-order valence-corrected chi connectivity index (χ1v) is 7.28. The van der Waals surface area contributed by atoms with Gasteiger partial charge in [0.25, 0.3) is 0 Å². The second kappa shape index (κ2) is 5.51. The van der Waals surface area contributed by atoms with Gasteiger partial charge in [0.15, 0.2) is 22.8 Å². The van der Waals surface area contributed by atoms with E-state index in [4.69, 9.17) is 9.15 Å². The van der Waals surface area contributed by atoms with Gasteiger partial charge in [0.05, 0.1) is 12.5 Å². The number of halogens is 1. The Labute approximate surface area is 138 Å². The number of hydrogen-bond acceptors (Lipinski definition) is 6. The van der Waals surface area contributed by atoms with E-state index in [1.54, 1.807) is 24.3 Å². The lowest BCUT2D eigenvalue weighted by atomic mass is 10.1. The smallest absolute Gasteiger partial charge is 0.235 e. The highest BCUT2D eigenvalue weighted by atomic mass is 79.9. The number of phenols is 2. The number of aromatic hydroxyl groups is 3. The Morgan fingerprint density at radius 1 is 1.09 bits per heavy atom. The second-order valence-corrected chi connectivity index (χ2v) is 5.57. The molecule has 3 aromatic rings. The van der Waals surface area contributed by atoms with Crippen LogP contribution in [-0.2, 0) is 0 Å². The number of methoxy groups -OCH3 is 1. The van der Waals surface area contributed by atoms with Crippen LogP contribution in [0, 0.1) is 0 Å². The van der Waals surface area contributed by atoms with Crippen molar-refractivity contribution in [2.75, 3.05) is 7.11 Å². The Morgan fingerprint density at radius 3 is 2.35 bits per heavy atom. The maximum absolute atomic E-state index is 12.3. The quantitative estimate of drug-likeness (QED) is 0.591. The third-order valence-electron chi connectivity index (χ3n) is 3.41. The molecular weight excluding hydrogens is 368 g/mol. The summed E-state index contributed by atoms with van der Waals surface area (Å²) in [6.07, 6.45) is 0. The highest BCUT2D eigenvalue weighted by Crippen LogP contribution is 2.41. The van der Waals surface area contributed by atoms with Gasteiger partial charge in [-0.15, -0.1) is 0 Å². The highest BCUT2D eigenvalue weighted by Gasteiger charge is 2.20. The van der Waals surface area contributed by atoms with Gasteiger partial charge in [-0.3, -0.25) is 4.79 Å². The van der Waals surface area contributed by atoms with Gasteiger partial charge in [0.1, 0.15) is 10.2 Å². The summed E-state index contributed by atoms with van der Waals surface area (Å²) < 4.78 is 10.7. The Morgan fingerprint density at radius 2 is 1.74 bits per heavy atom. The maximum Gasteiger partial charge on any atom is 0.235 e. The summed E-state index contributed by atoms with van der Waals surface area (Å²) in [4.78, 5) is 12.3. The van der Waals surface area contributed by atoms with Crippen LogP contribution in [0.3, 0.4) is 0 Å². The van der Waals surface area contributed by atoms with Gasteiger partial charge in [0.2, 0.25) is 11.2 Å². The standard InChI is InChI=1S/C16H11BrO6/c1-22-8-4-2-7(3-5-8)15-14(21)12(19)9-6-10(18)13(20)11(17)16(9)23-15/h2-6,18,20-21H,1H3. The third-order valence-corrected chi connectivity index (χ3v) is 4.14. The Hall–Kier alpha value is -2.67. The zero-order valence-electron chi connectivity index (χ0n) is 11.8. The molecule has 0 amide bonds. The molecule has 0 fully saturated rings. The summed E-state index contributed by atoms with van der Waals surface area (Å²) in [6, 6.07) is 7.59. The molecule has 7 heteroatoms. The molecule has 0 saturated heterocycles. The van der Waals surface area contributed by atoms with Crippen LogP contribution in [0.5, 0.6) is 23.0 Å². The van der Waals surface area contributed by atoms with E-state index >= 15 is 0 Å². The van der Waals surface area contributed by atoms with Crippen LogP contribution >= 0.6 is 15.9 Å². The number of phenolic OH excluding ortho intramolecular Hbond substituents is 2. The van der Waals surface area contributed by atoms with Crippen LogP contribution in [0.25, 0.3) is 22.3 Å². The van der Waals surface area contributed by atoms with Crippen molar-refractivity contribution in [3.63, 3.8) is 0 Å². The van der Waals surface area contributed by atoms with Crippen LogP contribution in [-0.4, -0.2) is 22.4 Å². The normalized spacial score (nSPS) is 10.9. The van der Waals surface area contributed by atoms with Crippen molar-refractivity contribution in [2.24, 2.45) is 0 Å². The van der Waals surface area contributed by atoms with Crippen molar-refractivity contribution in [3.8, 4) is 34.3 Å². The first kappa shape index (κ1) is 15.2. The topological polar surface area (TPSA) is 100 Å². The van der Waals surface area contributed by atoms with Crippen molar-refractivity contribution in [2.45, 2.75) is 0 Å². The van der Waals surface area contributed by atoms with Crippen LogP contribution in [0.4, 0.5) is 0 Å². The number of benzene rings is 2. The zero-order valence-corrected chi connectivity index (χ0v) is 13.4. The highest BCUT2D eigenvalue weighted by molar-refractivity contribution is 9.10. The summed E-state index contributed by atoms with van der Waals surface area (Å²) in [7, 11) is 1.52. The summed E-state index contributed by atoms with van der Waals surface area (Å²) in [5, 5.41) is 29.4. The molecule has 0 aliphatic carbocycles. The van der Waals surface area contributed by atoms with Crippen LogP contribution < -0.4 is 10.2 Å². The van der Waals surface area contributed by atoms with Crippen LogP contribution in [0.15, 0.2) is 44.0 Å². The van der Waals surface area contributed by atoms with Crippen molar-refractivity contribution >= 4 is 26.9 Å². The summed E-state index contributed by atoms with van der Waals surface area (Å²) >= 11 is 3.08. The molecule has 0 saturated carbocycles. The molecule has 0 unspecified atom stereocenters. The minimum absolute atomic E-state index is 0.0221. The minimum atomic E-state index is -0.715. The van der Waals surface area contributed by atoms with Gasteiger partial charge in [-0.2, -0.15) is 0 Å². The average molecular weight is 379 g/mol. The number of rotatable bonds is 2. The summed E-state index contributed by atoms with van der Waals surface area (Å²) in [6.45, 7) is 0. The van der Waals surface area contributed by atoms with Gasteiger partial charge in [-0.05, 0) is 46.3 Å². The van der Waals surface area contributed by atoms with Gasteiger partial charge in [-0.25, -0.2) is 0 Å². The van der Waals surface area contributed by atoms with Gasteiger partial charge < -0.3 is 24.5 Å². The first-order valence-electron chi connectivity index (χ1n) is 6.48. The minimum Gasteiger partial charge on any atom is -0.504 e. The molecule has 2 aromatic carbocycles. The molecule has 0 radical (unpaired) electrons. The van der Waals surface area contributed by atoms with Crippen molar-refractivity contribution in [1.29, 1.82) is 0 Å². The fourth-order valence-electron chi connectivity index (χ4n) is 2.20. The fraction of sp³-hybridized carbons (Fsp3) is 0.0625. The van der Waals surface area contributed by atoms with E-state index in [-0.39, 0.29) is 21.2 Å². The van der Waals surface area contributed by atoms with Gasteiger partial charge >= 0.3 is 0 Å². The Bertz CT molecular complexity index is 959. The molecule has 0 spiro atoms. The van der Waals surface area contributed by atoms with E-state index in [0.717, 1.165) is 6.07 Å². The van der Waals surface area contributed by atoms with Gasteiger partial charge in [0, 0.05) is 5.56 Å². The zero-order chi connectivity index (χ0) is 16.7. The number of hydrogen-bond donors (Lipinski definition) is 3. The SMILES string of the molecule is COc1ccc(-c2oc3c(Br)c(O)c(O)cc3c(=O)c2O)cc1. The summed E-state index contributed by atoms with van der Waals surface area (Å²) in [5.41, 5.74) is -0.233. The van der Waals surface area contributed by atoms with Crippen molar-refractivity contribution in [1.82, 2.24) is 0 Å². The van der Waals surface area contributed by atoms with E-state index in [0.29, 0.717) is 11.3 Å². The van der Waals surface area contributed by atoms with Crippen molar-refractivity contribution in [3.05, 3.63) is 45.0 Å². The monoisotopic (exact) mass is 378 g/mol. The molecule has 3 N–H and O–H groups in total. The molecule has 0 atom stereocenters. The molecule has 6 nitrogen and oxygen atoms in total. The lowest BCUT2D eigenvalue weighted by Gasteiger charge is -2.09. The average Bonchev–Trinajstić information content (AvgIpc) is 2.57. The molecule has 118 valence electrons. The summed E-state index contributed by atoms with van der Waals surface area (Å²) in [5.74, 6) is -0.962. The predicted molar refractivity (Wildman–Crippen MR) is 87.2 cm³/mol. The Kier molecular flexibility index (Phi) is 3.65.